The van der Waals surface area contributed by atoms with E-state index in [1.807, 2.05) is 0 Å². The van der Waals surface area contributed by atoms with Crippen molar-refractivity contribution in [3.05, 3.63) is 45.2 Å². The fourth-order valence-corrected chi connectivity index (χ4v) is 1.79. The Balaban J connectivity index is 2.61. The average Bonchev–Trinajstić information content (AvgIpc) is 2.39. The number of ether oxygens (including phenoxy) is 1. The van der Waals surface area contributed by atoms with Crippen molar-refractivity contribution in [1.29, 1.82) is 0 Å². The van der Waals surface area contributed by atoms with Gasteiger partial charge in [-0.1, -0.05) is 11.6 Å². The molecule has 0 aliphatic carbocycles. The van der Waals surface area contributed by atoms with Crippen LogP contribution < -0.4 is 16.0 Å². The Labute approximate surface area is 109 Å². The number of aromatic nitrogens is 2. The zero-order valence-corrected chi connectivity index (χ0v) is 10.5. The lowest BCUT2D eigenvalue weighted by atomic mass is 10.1. The van der Waals surface area contributed by atoms with Crippen LogP contribution >= 0.6 is 11.6 Å². The van der Waals surface area contributed by atoms with Crippen LogP contribution in [0.15, 0.2) is 29.1 Å². The van der Waals surface area contributed by atoms with E-state index in [0.29, 0.717) is 27.6 Å². The van der Waals surface area contributed by atoms with E-state index in [4.69, 9.17) is 22.1 Å². The summed E-state index contributed by atoms with van der Waals surface area (Å²) in [5, 5.41) is 6.94. The third kappa shape index (κ3) is 2.37. The van der Waals surface area contributed by atoms with E-state index in [1.54, 1.807) is 31.4 Å². The number of rotatable bonds is 3. The second kappa shape index (κ2) is 5.20. The normalized spacial score (nSPS) is 10.4. The summed E-state index contributed by atoms with van der Waals surface area (Å²) in [6.45, 7) is 0.147. The van der Waals surface area contributed by atoms with Gasteiger partial charge in [-0.25, -0.2) is 5.10 Å². The predicted octanol–water partition coefficient (Wildman–Crippen LogP) is 1.56. The fourth-order valence-electron chi connectivity index (χ4n) is 1.62. The summed E-state index contributed by atoms with van der Waals surface area (Å²) in [5.74, 6) is 0.627. The molecule has 5 nitrogen and oxygen atoms in total. The van der Waals surface area contributed by atoms with Crippen LogP contribution in [0.1, 0.15) is 5.56 Å². The van der Waals surface area contributed by atoms with Gasteiger partial charge in [-0.15, -0.1) is 0 Å². The molecule has 0 aliphatic heterocycles. The highest BCUT2D eigenvalue weighted by molar-refractivity contribution is 6.30. The van der Waals surface area contributed by atoms with Gasteiger partial charge < -0.3 is 10.5 Å². The van der Waals surface area contributed by atoms with E-state index in [0.717, 1.165) is 0 Å². The van der Waals surface area contributed by atoms with E-state index in [2.05, 4.69) is 10.2 Å². The van der Waals surface area contributed by atoms with E-state index in [-0.39, 0.29) is 12.1 Å². The van der Waals surface area contributed by atoms with E-state index in [9.17, 15) is 4.79 Å². The third-order valence-corrected chi connectivity index (χ3v) is 2.77. The topological polar surface area (TPSA) is 81.0 Å². The molecule has 0 spiro atoms. The van der Waals surface area contributed by atoms with E-state index >= 15 is 0 Å². The monoisotopic (exact) mass is 265 g/mol. The Kier molecular flexibility index (Phi) is 3.64. The molecule has 0 bridgehead atoms. The molecule has 1 heterocycles. The predicted molar refractivity (Wildman–Crippen MR) is 69.7 cm³/mol. The summed E-state index contributed by atoms with van der Waals surface area (Å²) >= 11 is 5.95. The maximum Gasteiger partial charge on any atom is 0.268 e. The molecular weight excluding hydrogens is 254 g/mol. The van der Waals surface area contributed by atoms with Gasteiger partial charge in [0.2, 0.25) is 0 Å². The van der Waals surface area contributed by atoms with Crippen molar-refractivity contribution in [2.45, 2.75) is 6.54 Å². The van der Waals surface area contributed by atoms with Crippen molar-refractivity contribution >= 4 is 11.6 Å². The Morgan fingerprint density at radius 3 is 2.89 bits per heavy atom. The summed E-state index contributed by atoms with van der Waals surface area (Å²) in [4.78, 5) is 11.4. The van der Waals surface area contributed by atoms with E-state index < -0.39 is 0 Å². The lowest BCUT2D eigenvalue weighted by molar-refractivity contribution is 0.416. The van der Waals surface area contributed by atoms with Crippen LogP contribution in [0.3, 0.4) is 0 Å². The Bertz CT molecular complexity index is 625. The van der Waals surface area contributed by atoms with Crippen molar-refractivity contribution in [2.75, 3.05) is 7.11 Å². The third-order valence-electron chi connectivity index (χ3n) is 2.54. The van der Waals surface area contributed by atoms with Gasteiger partial charge in [-0.3, -0.25) is 4.79 Å². The zero-order valence-electron chi connectivity index (χ0n) is 9.74. The number of aromatic amines is 1. The standard InChI is InChI=1S/C12H12ClN3O2/c1-18-11-3-2-8(13)5-9(11)10-4-7(6-14)12(17)16-15-10/h2-5H,6,14H2,1H3,(H,16,17). The molecule has 18 heavy (non-hydrogen) atoms. The molecule has 0 amide bonds. The molecule has 0 radical (unpaired) electrons. The highest BCUT2D eigenvalue weighted by Gasteiger charge is 2.10. The smallest absolute Gasteiger partial charge is 0.268 e. The van der Waals surface area contributed by atoms with Gasteiger partial charge in [0.15, 0.2) is 0 Å². The average molecular weight is 266 g/mol. The lowest BCUT2D eigenvalue weighted by Gasteiger charge is -2.08. The second-order valence-electron chi connectivity index (χ2n) is 3.66. The number of nitrogens with two attached hydrogens (primary N) is 1. The molecule has 0 fully saturated rings. The van der Waals surface area contributed by atoms with Crippen LogP contribution in [0, 0.1) is 0 Å². The summed E-state index contributed by atoms with van der Waals surface area (Å²) in [5.41, 5.74) is 6.93. The first-order chi connectivity index (χ1) is 8.65. The molecule has 6 heteroatoms. The van der Waals surface area contributed by atoms with Crippen LogP contribution in [0.2, 0.25) is 5.02 Å². The summed E-state index contributed by atoms with van der Waals surface area (Å²) < 4.78 is 5.24. The maximum atomic E-state index is 11.4. The number of hydrogen-bond donors (Lipinski definition) is 2. The lowest BCUT2D eigenvalue weighted by Crippen LogP contribution is -2.17. The molecule has 2 aromatic rings. The quantitative estimate of drug-likeness (QED) is 0.882. The number of halogens is 1. The minimum atomic E-state index is -0.290. The van der Waals surface area contributed by atoms with Gasteiger partial charge in [0, 0.05) is 22.7 Å². The fraction of sp³-hybridized carbons (Fsp3) is 0.167. The Hall–Kier alpha value is -1.85. The second-order valence-corrected chi connectivity index (χ2v) is 4.09. The Morgan fingerprint density at radius 2 is 2.22 bits per heavy atom. The van der Waals surface area contributed by atoms with Crippen LogP contribution in [0.5, 0.6) is 5.75 Å². The Morgan fingerprint density at radius 1 is 1.44 bits per heavy atom. The van der Waals surface area contributed by atoms with Crippen molar-refractivity contribution in [2.24, 2.45) is 5.73 Å². The summed E-state index contributed by atoms with van der Waals surface area (Å²) in [6.07, 6.45) is 0. The SMILES string of the molecule is COc1ccc(Cl)cc1-c1cc(CN)c(=O)[nH]n1. The minimum Gasteiger partial charge on any atom is -0.496 e. The molecule has 0 aliphatic rings. The highest BCUT2D eigenvalue weighted by Crippen LogP contribution is 2.30. The van der Waals surface area contributed by atoms with Crippen LogP contribution in [-0.4, -0.2) is 17.3 Å². The van der Waals surface area contributed by atoms with Crippen LogP contribution in [-0.2, 0) is 6.54 Å². The van der Waals surface area contributed by atoms with Gasteiger partial charge in [0.05, 0.1) is 12.8 Å². The number of hydrogen-bond acceptors (Lipinski definition) is 4. The molecule has 1 aromatic heterocycles. The molecule has 94 valence electrons. The van der Waals surface area contributed by atoms with Crippen molar-refractivity contribution in [1.82, 2.24) is 10.2 Å². The number of benzene rings is 1. The molecule has 2 rings (SSSR count). The van der Waals surface area contributed by atoms with Crippen molar-refractivity contribution in [3.8, 4) is 17.0 Å². The number of nitrogens with one attached hydrogen (secondary N) is 1. The minimum absolute atomic E-state index is 0.147. The molecule has 3 N–H and O–H groups in total. The molecule has 0 saturated carbocycles. The molecule has 0 atom stereocenters. The molecule has 0 saturated heterocycles. The number of nitrogens with zero attached hydrogens (tertiary/aromatic N) is 1. The van der Waals surface area contributed by atoms with Crippen molar-refractivity contribution in [3.63, 3.8) is 0 Å². The van der Waals surface area contributed by atoms with Crippen molar-refractivity contribution < 1.29 is 4.74 Å². The van der Waals surface area contributed by atoms with E-state index in [1.165, 1.54) is 0 Å². The van der Waals surface area contributed by atoms with Crippen LogP contribution in [0.25, 0.3) is 11.3 Å². The molecular formula is C12H12ClN3O2. The van der Waals surface area contributed by atoms with Crippen LogP contribution in [0.4, 0.5) is 0 Å². The first kappa shape index (κ1) is 12.6. The first-order valence-electron chi connectivity index (χ1n) is 5.28. The summed E-state index contributed by atoms with van der Waals surface area (Å²) in [6, 6.07) is 6.82. The largest absolute Gasteiger partial charge is 0.496 e. The summed E-state index contributed by atoms with van der Waals surface area (Å²) in [7, 11) is 1.56. The molecule has 0 unspecified atom stereocenters. The van der Waals surface area contributed by atoms with Gasteiger partial charge in [-0.05, 0) is 24.3 Å². The maximum absolute atomic E-state index is 11.4. The van der Waals surface area contributed by atoms with Gasteiger partial charge in [0.25, 0.3) is 5.56 Å². The first-order valence-corrected chi connectivity index (χ1v) is 5.66. The van der Waals surface area contributed by atoms with Gasteiger partial charge in [0.1, 0.15) is 5.75 Å². The van der Waals surface area contributed by atoms with Gasteiger partial charge >= 0.3 is 0 Å². The zero-order chi connectivity index (χ0) is 13.1. The number of H-pyrrole nitrogens is 1. The van der Waals surface area contributed by atoms with Gasteiger partial charge in [-0.2, -0.15) is 5.10 Å². The molecule has 1 aromatic carbocycles. The number of methoxy groups -OCH3 is 1. The highest BCUT2D eigenvalue weighted by atomic mass is 35.5.